The third-order valence-electron chi connectivity index (χ3n) is 30.4. The summed E-state index contributed by atoms with van der Waals surface area (Å²) in [4.78, 5) is 71.0. The number of allylic oxidation sites excluding steroid dienone is 2. The number of rotatable bonds is 6. The van der Waals surface area contributed by atoms with Crippen LogP contribution in [0.2, 0.25) is 0 Å². The third kappa shape index (κ3) is 2.07. The molecule has 25 aromatic carbocycles. The summed E-state index contributed by atoms with van der Waals surface area (Å²) in [5.41, 5.74) is 1.38. The van der Waals surface area contributed by atoms with Crippen molar-refractivity contribution in [1.29, 1.82) is 0 Å². The van der Waals surface area contributed by atoms with Crippen LogP contribution in [0.4, 0.5) is 0 Å². The number of hydrogen-bond donors (Lipinski definition) is 0. The number of fused-ring (bicyclic) bond motifs is 6. The van der Waals surface area contributed by atoms with Crippen LogP contribution in [0.25, 0.3) is 259 Å². The zero-order valence-electron chi connectivity index (χ0n) is 47.1. The van der Waals surface area contributed by atoms with E-state index in [2.05, 4.69) is 0 Å². The maximum atomic E-state index is 17.9. The molecule has 6 atom stereocenters. The van der Waals surface area contributed by atoms with E-state index in [4.69, 9.17) is 28.4 Å². The third-order valence-corrected chi connectivity index (χ3v) is 30.4. The molecule has 12 aliphatic rings. The Morgan fingerprint density at radius 1 is 0.333 bits per heavy atom. The van der Waals surface area contributed by atoms with Gasteiger partial charge in [-0.05, 0) is 329 Å². The Hall–Kier alpha value is -10.6. The number of esters is 4. The zero-order chi connectivity index (χ0) is 56.4. The molecule has 37 rings (SSSR count). The fourth-order valence-electron chi connectivity index (χ4n) is 30.2. The topological polar surface area (TPSA) is 124 Å². The molecular weight excluding hydrogens is 1120 g/mol. The molecular formula is C80H22O10. The van der Waals surface area contributed by atoms with Crippen LogP contribution in [0.15, 0.2) is 12.1 Å². The van der Waals surface area contributed by atoms with Gasteiger partial charge in [-0.25, -0.2) is 0 Å². The summed E-state index contributed by atoms with van der Waals surface area (Å²) in [6.07, 6.45) is 0. The molecule has 0 saturated heterocycles. The van der Waals surface area contributed by atoms with Crippen molar-refractivity contribution in [3.8, 4) is 11.5 Å². The number of ether oxygens (including phenoxy) is 6. The number of methoxy groups -OCH3 is 2. The van der Waals surface area contributed by atoms with Crippen molar-refractivity contribution in [2.24, 2.45) is 10.8 Å². The maximum Gasteiger partial charge on any atom is 0.326 e. The minimum absolute atomic E-state index is 0.0288. The van der Waals surface area contributed by atoms with E-state index >= 15 is 19.2 Å². The molecule has 10 heteroatoms. The van der Waals surface area contributed by atoms with E-state index in [0.29, 0.717) is 22.6 Å². The van der Waals surface area contributed by atoms with Crippen LogP contribution < -0.4 is 9.47 Å². The van der Waals surface area contributed by atoms with Crippen LogP contribution in [0.3, 0.4) is 0 Å². The Morgan fingerprint density at radius 2 is 0.556 bits per heavy atom. The highest BCUT2D eigenvalue weighted by atomic mass is 16.6. The molecule has 0 N–H and O–H groups in total. The predicted molar refractivity (Wildman–Crippen MR) is 344 cm³/mol. The highest BCUT2D eigenvalue weighted by molar-refractivity contribution is 6.80. The maximum absolute atomic E-state index is 17.9. The van der Waals surface area contributed by atoms with E-state index in [1.807, 2.05) is 13.8 Å². The lowest BCUT2D eigenvalue weighted by Crippen LogP contribution is -2.39. The Balaban J connectivity index is 0.991. The number of hydrogen-bond acceptors (Lipinski definition) is 10. The van der Waals surface area contributed by atoms with Crippen LogP contribution in [0.5, 0.6) is 11.5 Å². The molecule has 2 aliphatic heterocycles. The van der Waals surface area contributed by atoms with Gasteiger partial charge in [-0.2, -0.15) is 0 Å². The molecule has 2 heterocycles. The molecule has 0 amide bonds. The summed E-state index contributed by atoms with van der Waals surface area (Å²) in [7, 11) is 3.16. The average Bonchev–Trinajstić information content (AvgIpc) is 1.34. The smallest absolute Gasteiger partial charge is 0.326 e. The Kier molecular flexibility index (Phi) is 3.77. The lowest BCUT2D eigenvalue weighted by atomic mass is 9.60. The normalized spacial score (nSPS) is 28.3. The van der Waals surface area contributed by atoms with Gasteiger partial charge in [0, 0.05) is 11.1 Å². The van der Waals surface area contributed by atoms with Crippen molar-refractivity contribution in [3.63, 3.8) is 0 Å². The molecule has 90 heavy (non-hydrogen) atoms. The minimum atomic E-state index is -2.06. The molecule has 4 spiro atoms. The number of carbonyl (C=O) groups excluding carboxylic acids is 4. The Morgan fingerprint density at radius 3 is 0.800 bits per heavy atom. The van der Waals surface area contributed by atoms with Crippen LogP contribution in [0.1, 0.15) is 69.5 Å². The second-order valence-electron chi connectivity index (χ2n) is 30.6. The van der Waals surface area contributed by atoms with Crippen molar-refractivity contribution < 1.29 is 47.6 Å². The fraction of sp³-hybridized carbons (Fsp3) is 0.175. The molecule has 2 saturated carbocycles. The average molecular weight is 1140 g/mol. The van der Waals surface area contributed by atoms with E-state index in [-0.39, 0.29) is 26.4 Å². The summed E-state index contributed by atoms with van der Waals surface area (Å²) in [6.45, 7) is 3.30. The second kappa shape index (κ2) is 8.93. The van der Waals surface area contributed by atoms with E-state index in [0.717, 1.165) is 77.2 Å². The van der Waals surface area contributed by atoms with Crippen molar-refractivity contribution in [2.45, 2.75) is 48.7 Å². The van der Waals surface area contributed by atoms with Gasteiger partial charge in [0.15, 0.2) is 10.8 Å². The molecule has 0 radical (unpaired) electrons. The monoisotopic (exact) mass is 1140 g/mol. The minimum Gasteiger partial charge on any atom is -0.496 e. The molecule has 10 nitrogen and oxygen atoms in total. The van der Waals surface area contributed by atoms with Crippen molar-refractivity contribution >= 4 is 283 Å². The van der Waals surface area contributed by atoms with Crippen LogP contribution in [-0.4, -0.2) is 51.3 Å². The highest BCUT2D eigenvalue weighted by Crippen LogP contribution is 3.05. The van der Waals surface area contributed by atoms with Crippen LogP contribution in [0, 0.1) is 10.8 Å². The first-order chi connectivity index (χ1) is 44.3. The van der Waals surface area contributed by atoms with Gasteiger partial charge in [-0.1, -0.05) is 0 Å². The van der Waals surface area contributed by atoms with Crippen molar-refractivity contribution in [2.75, 3.05) is 27.4 Å². The highest BCUT2D eigenvalue weighted by Gasteiger charge is 3.08. The number of benzene rings is 17. The summed E-state index contributed by atoms with van der Waals surface area (Å²) in [5.74, 6) is -1.64. The number of carbonyl (C=O) groups is 4. The lowest BCUT2D eigenvalue weighted by molar-refractivity contribution is -0.168. The zero-order valence-corrected chi connectivity index (χ0v) is 47.1. The molecule has 25 aromatic rings. The van der Waals surface area contributed by atoms with Gasteiger partial charge in [0.1, 0.15) is 24.7 Å². The van der Waals surface area contributed by atoms with E-state index in [1.165, 1.54) is 226 Å². The molecule has 0 aromatic heterocycles. The first-order valence-electron chi connectivity index (χ1n) is 32.3. The first-order valence-corrected chi connectivity index (χ1v) is 32.3. The van der Waals surface area contributed by atoms with Gasteiger partial charge in [-0.3, -0.25) is 19.2 Å². The lowest BCUT2D eigenvalue weighted by Gasteiger charge is -2.39. The van der Waals surface area contributed by atoms with Crippen LogP contribution in [-0.2, 0) is 73.0 Å². The molecule has 402 valence electrons. The first kappa shape index (κ1) is 38.0. The van der Waals surface area contributed by atoms with Crippen LogP contribution >= 0.6 is 0 Å². The Bertz CT molecular complexity index is 7920. The molecule has 10 aliphatic carbocycles. The van der Waals surface area contributed by atoms with Gasteiger partial charge in [0.25, 0.3) is 0 Å². The van der Waals surface area contributed by atoms with Gasteiger partial charge in [-0.15, -0.1) is 0 Å². The summed E-state index contributed by atoms with van der Waals surface area (Å²) in [6, 6.07) is 3.59. The van der Waals surface area contributed by atoms with Gasteiger partial charge >= 0.3 is 23.9 Å². The van der Waals surface area contributed by atoms with Crippen molar-refractivity contribution in [1.82, 2.24) is 0 Å². The summed E-state index contributed by atoms with van der Waals surface area (Å²) >= 11 is 0. The second-order valence-corrected chi connectivity index (χ2v) is 30.6. The van der Waals surface area contributed by atoms with Crippen molar-refractivity contribution in [3.05, 3.63) is 67.8 Å². The summed E-state index contributed by atoms with van der Waals surface area (Å²) in [5, 5.41) is 59.9. The van der Waals surface area contributed by atoms with E-state index < -0.39 is 56.4 Å². The van der Waals surface area contributed by atoms with Gasteiger partial charge < -0.3 is 28.4 Å². The van der Waals surface area contributed by atoms with Gasteiger partial charge in [0.05, 0.1) is 49.1 Å². The summed E-state index contributed by atoms with van der Waals surface area (Å²) < 4.78 is 40.6. The standard InChI is InChI=1S/C80H22O10/c1-5-87-71(81)79-73(83)89-9-11-7-14(86-4)12(8-13(11)85-3)10-90-74(84)80(72(82)88-6-2)76-64-52-44-36-28-20-15-16-18-21-25-19(16)27-23-17(15)22-26(20)38(44)46-40-29(22)33-31(23)41-35(27)43-37(25)45-39-30(21)34-32(24(18)28)42(36)56(64)58-48(34)49(39)59-62(68(58)76)69-70-61-60(66(54(46)52)78(70,76)80)50(40)47(33)57-55(41)63-51(43)53(45)65(59)77(69,79)75(63,79)67(57)61/h7-8H,5-6,9-10H2,1-4H3/t75?,76?,77?,78?,79-,80+. The van der Waals surface area contributed by atoms with Gasteiger partial charge in [0.2, 0.25) is 0 Å². The molecule has 4 unspecified atom stereocenters. The predicted octanol–water partition coefficient (Wildman–Crippen LogP) is 15.7. The largest absolute Gasteiger partial charge is 0.496 e. The quantitative estimate of drug-likeness (QED) is 0.0688. The fourth-order valence-corrected chi connectivity index (χ4v) is 30.2. The molecule has 2 fully saturated rings. The van der Waals surface area contributed by atoms with E-state index in [1.54, 1.807) is 26.4 Å². The Labute approximate surface area is 494 Å². The SMILES string of the molecule is CCOC(=O)[C@]12C(=O)OCc3cc(OC)c(cc3OC)COC(=O)[C@]3(C(=O)OCC)C45C6=C7c8c9c%10c%11c(c%12c%13c4c4c6c6c%14c%15c%16c%17c%18c(c8c8c%10c%10c%19c%11c%11c%12c%12c%13c%13c4c%14c4c%14c%15c%15c%17c%17c%18c8c%10c8c%17c%10c%15c%14c%14c(c%134)c%12c4c%11c%19c8c%10c4%14)C71C6%162)C953. The molecule has 6 bridgehead atoms. The van der Waals surface area contributed by atoms with E-state index in [9.17, 15) is 0 Å².